The fourth-order valence-corrected chi connectivity index (χ4v) is 2.12. The molecule has 1 aromatic carbocycles. The van der Waals surface area contributed by atoms with Crippen molar-refractivity contribution in [3.05, 3.63) is 53.3 Å². The Morgan fingerprint density at radius 3 is 2.52 bits per heavy atom. The summed E-state index contributed by atoms with van der Waals surface area (Å²) in [5.74, 6) is -0.293. The maximum Gasteiger partial charge on any atom is 0.291 e. The van der Waals surface area contributed by atoms with Gasteiger partial charge < -0.3 is 10.1 Å². The molecule has 6 heteroatoms. The third-order valence-corrected chi connectivity index (χ3v) is 3.49. The number of nitrogens with zero attached hydrogens (tertiary/aromatic N) is 1. The van der Waals surface area contributed by atoms with E-state index in [9.17, 15) is 9.59 Å². The molecule has 23 heavy (non-hydrogen) atoms. The van der Waals surface area contributed by atoms with Crippen molar-refractivity contribution in [2.75, 3.05) is 12.4 Å². The number of Topliss-reactive ketones (excluding diaryl/α,β-unsaturated/α-hetero) is 1. The van der Waals surface area contributed by atoms with Crippen LogP contribution in [0.1, 0.15) is 18.4 Å². The average Bonchev–Trinajstić information content (AvgIpc) is 2.57. The highest BCUT2D eigenvalue weighted by Gasteiger charge is 2.13. The number of rotatable bonds is 7. The number of nitrogens with one attached hydrogen (secondary N) is 1. The molecule has 0 spiro atoms. The molecule has 1 heterocycles. The highest BCUT2D eigenvalue weighted by molar-refractivity contribution is 6.40. The van der Waals surface area contributed by atoms with Crippen LogP contribution in [0.2, 0.25) is 5.15 Å². The van der Waals surface area contributed by atoms with E-state index in [2.05, 4.69) is 10.3 Å². The Morgan fingerprint density at radius 2 is 1.91 bits per heavy atom. The van der Waals surface area contributed by atoms with Crippen LogP contribution in [0.3, 0.4) is 0 Å². The molecule has 0 atom stereocenters. The number of ketones is 1. The van der Waals surface area contributed by atoms with Gasteiger partial charge in [0.2, 0.25) is 5.78 Å². The van der Waals surface area contributed by atoms with Gasteiger partial charge in [-0.05, 0) is 42.7 Å². The molecule has 1 aromatic heterocycles. The standard InChI is InChI=1S/C17H17ClN2O3/c1-23-14-8-5-12(6-9-14)3-2-4-15(21)17(22)20-13-7-10-16(18)19-11-13/h5-11H,2-4H2,1H3,(H,20,22). The lowest BCUT2D eigenvalue weighted by atomic mass is 10.1. The molecule has 0 saturated heterocycles. The van der Waals surface area contributed by atoms with Gasteiger partial charge in [-0.25, -0.2) is 4.98 Å². The first-order valence-corrected chi connectivity index (χ1v) is 7.55. The number of aryl methyl sites for hydroxylation is 1. The summed E-state index contributed by atoms with van der Waals surface area (Å²) < 4.78 is 5.09. The van der Waals surface area contributed by atoms with Gasteiger partial charge in [0.05, 0.1) is 19.0 Å². The van der Waals surface area contributed by atoms with E-state index in [0.717, 1.165) is 17.7 Å². The number of aromatic nitrogens is 1. The second-order valence-corrected chi connectivity index (χ2v) is 5.34. The Labute approximate surface area is 139 Å². The Kier molecular flexibility index (Phi) is 6.11. The van der Waals surface area contributed by atoms with E-state index in [1.54, 1.807) is 19.2 Å². The molecule has 2 aromatic rings. The third-order valence-electron chi connectivity index (χ3n) is 3.27. The second-order valence-electron chi connectivity index (χ2n) is 4.95. The molecule has 0 unspecified atom stereocenters. The second kappa shape index (κ2) is 8.29. The summed E-state index contributed by atoms with van der Waals surface area (Å²) in [4.78, 5) is 27.4. The molecule has 1 N–H and O–H groups in total. The van der Waals surface area contributed by atoms with Gasteiger partial charge >= 0.3 is 0 Å². The van der Waals surface area contributed by atoms with Crippen LogP contribution in [0.5, 0.6) is 5.75 Å². The Balaban J connectivity index is 1.77. The van der Waals surface area contributed by atoms with Gasteiger partial charge in [-0.1, -0.05) is 23.7 Å². The fraction of sp³-hybridized carbons (Fsp3) is 0.235. The van der Waals surface area contributed by atoms with E-state index >= 15 is 0 Å². The first-order valence-electron chi connectivity index (χ1n) is 7.17. The number of hydrogen-bond donors (Lipinski definition) is 1. The van der Waals surface area contributed by atoms with Crippen molar-refractivity contribution in [3.63, 3.8) is 0 Å². The number of carbonyl (C=O) groups is 2. The molecule has 0 aliphatic heterocycles. The van der Waals surface area contributed by atoms with Crippen LogP contribution in [-0.2, 0) is 16.0 Å². The Hall–Kier alpha value is -2.40. The molecule has 120 valence electrons. The summed E-state index contributed by atoms with van der Waals surface area (Å²) in [6.07, 6.45) is 2.94. The minimum absolute atomic E-state index is 0.193. The van der Waals surface area contributed by atoms with E-state index in [1.807, 2.05) is 24.3 Å². The molecule has 0 aliphatic rings. The number of carbonyl (C=O) groups excluding carboxylic acids is 2. The number of pyridine rings is 1. The maximum absolute atomic E-state index is 11.8. The van der Waals surface area contributed by atoms with Crippen LogP contribution in [0.4, 0.5) is 5.69 Å². The number of hydrogen-bond acceptors (Lipinski definition) is 4. The van der Waals surface area contributed by atoms with E-state index in [0.29, 0.717) is 17.3 Å². The number of amides is 1. The van der Waals surface area contributed by atoms with Crippen LogP contribution in [0, 0.1) is 0 Å². The highest BCUT2D eigenvalue weighted by Crippen LogP contribution is 2.14. The number of ether oxygens (including phenoxy) is 1. The van der Waals surface area contributed by atoms with Crippen LogP contribution in [0.15, 0.2) is 42.6 Å². The molecular weight excluding hydrogens is 316 g/mol. The van der Waals surface area contributed by atoms with Gasteiger partial charge in [0.15, 0.2) is 0 Å². The van der Waals surface area contributed by atoms with E-state index in [1.165, 1.54) is 6.20 Å². The molecular formula is C17H17ClN2O3. The molecule has 0 saturated carbocycles. The van der Waals surface area contributed by atoms with E-state index in [4.69, 9.17) is 16.3 Å². The zero-order chi connectivity index (χ0) is 16.7. The molecule has 5 nitrogen and oxygen atoms in total. The Bertz CT molecular complexity index is 669. The zero-order valence-corrected chi connectivity index (χ0v) is 13.5. The van der Waals surface area contributed by atoms with Crippen molar-refractivity contribution in [3.8, 4) is 5.75 Å². The van der Waals surface area contributed by atoms with Gasteiger partial charge in [-0.3, -0.25) is 9.59 Å². The van der Waals surface area contributed by atoms with Gasteiger partial charge in [0.25, 0.3) is 5.91 Å². The van der Waals surface area contributed by atoms with Crippen molar-refractivity contribution >= 4 is 29.0 Å². The molecule has 0 fully saturated rings. The first kappa shape index (κ1) is 17.0. The van der Waals surface area contributed by atoms with Crippen LogP contribution >= 0.6 is 11.6 Å². The quantitative estimate of drug-likeness (QED) is 0.624. The summed E-state index contributed by atoms with van der Waals surface area (Å²) in [5, 5.41) is 2.83. The number of anilines is 1. The maximum atomic E-state index is 11.8. The van der Waals surface area contributed by atoms with Crippen molar-refractivity contribution in [2.45, 2.75) is 19.3 Å². The number of benzene rings is 1. The minimum Gasteiger partial charge on any atom is -0.497 e. The van der Waals surface area contributed by atoms with Crippen molar-refractivity contribution in [2.24, 2.45) is 0 Å². The summed E-state index contributed by atoms with van der Waals surface area (Å²) in [5.41, 5.74) is 1.55. The topological polar surface area (TPSA) is 68.3 Å². The molecule has 1 amide bonds. The summed E-state index contributed by atoms with van der Waals surface area (Å²) in [6.45, 7) is 0. The summed E-state index contributed by atoms with van der Waals surface area (Å²) in [6, 6.07) is 10.8. The lowest BCUT2D eigenvalue weighted by Crippen LogP contribution is -2.22. The average molecular weight is 333 g/mol. The molecule has 0 radical (unpaired) electrons. The van der Waals surface area contributed by atoms with Crippen LogP contribution in [-0.4, -0.2) is 23.8 Å². The fourth-order valence-electron chi connectivity index (χ4n) is 2.01. The lowest BCUT2D eigenvalue weighted by Gasteiger charge is -2.05. The van der Waals surface area contributed by atoms with Gasteiger partial charge in [0, 0.05) is 6.42 Å². The molecule has 0 aliphatic carbocycles. The van der Waals surface area contributed by atoms with Gasteiger partial charge in [0.1, 0.15) is 10.9 Å². The number of halogens is 1. The van der Waals surface area contributed by atoms with Crippen molar-refractivity contribution in [1.82, 2.24) is 4.98 Å². The normalized spacial score (nSPS) is 10.2. The number of methoxy groups -OCH3 is 1. The van der Waals surface area contributed by atoms with E-state index in [-0.39, 0.29) is 6.42 Å². The predicted octanol–water partition coefficient (Wildman–Crippen LogP) is 3.27. The van der Waals surface area contributed by atoms with Crippen molar-refractivity contribution < 1.29 is 14.3 Å². The van der Waals surface area contributed by atoms with Crippen molar-refractivity contribution in [1.29, 1.82) is 0 Å². The lowest BCUT2D eigenvalue weighted by molar-refractivity contribution is -0.134. The zero-order valence-electron chi connectivity index (χ0n) is 12.7. The minimum atomic E-state index is -0.635. The SMILES string of the molecule is COc1ccc(CCCC(=O)C(=O)Nc2ccc(Cl)nc2)cc1. The molecule has 2 rings (SSSR count). The first-order chi connectivity index (χ1) is 11.1. The smallest absolute Gasteiger partial charge is 0.291 e. The Morgan fingerprint density at radius 1 is 1.17 bits per heavy atom. The largest absolute Gasteiger partial charge is 0.497 e. The predicted molar refractivity (Wildman–Crippen MR) is 88.8 cm³/mol. The third kappa shape index (κ3) is 5.38. The monoisotopic (exact) mass is 332 g/mol. The molecule has 0 bridgehead atoms. The summed E-state index contributed by atoms with van der Waals surface area (Å²) in [7, 11) is 1.61. The summed E-state index contributed by atoms with van der Waals surface area (Å²) >= 11 is 5.66. The van der Waals surface area contributed by atoms with Crippen LogP contribution < -0.4 is 10.1 Å². The van der Waals surface area contributed by atoms with E-state index < -0.39 is 11.7 Å². The van der Waals surface area contributed by atoms with Gasteiger partial charge in [-0.2, -0.15) is 0 Å². The highest BCUT2D eigenvalue weighted by atomic mass is 35.5. The van der Waals surface area contributed by atoms with Gasteiger partial charge in [-0.15, -0.1) is 0 Å². The van der Waals surface area contributed by atoms with Crippen LogP contribution in [0.25, 0.3) is 0 Å².